The molecule has 0 aromatic carbocycles. The lowest BCUT2D eigenvalue weighted by Gasteiger charge is -2.34. The highest BCUT2D eigenvalue weighted by Gasteiger charge is 2.27. The molecule has 0 unspecified atom stereocenters. The molecule has 0 aliphatic carbocycles. The maximum atomic E-state index is 5.43. The number of piperidine rings is 1. The van der Waals surface area contributed by atoms with E-state index in [1.165, 1.54) is 17.7 Å². The molecular formula is C17H24N4O2S. The van der Waals surface area contributed by atoms with E-state index in [2.05, 4.69) is 26.0 Å². The van der Waals surface area contributed by atoms with Crippen LogP contribution in [0, 0.1) is 6.92 Å². The van der Waals surface area contributed by atoms with Crippen molar-refractivity contribution in [1.82, 2.24) is 15.0 Å². The van der Waals surface area contributed by atoms with Crippen LogP contribution in [0.3, 0.4) is 0 Å². The standard InChI is InChI=1S/C17H24N4O2S/c1-13-10-15(19-23-13)16-4-2-3-5-21(16)12-14-11-18-17(24-14)20-6-8-22-9-7-20/h10-11,16H,2-9,12H2,1H3/t16-/m0/s1. The van der Waals surface area contributed by atoms with Crippen LogP contribution in [0.5, 0.6) is 0 Å². The Kier molecular flexibility index (Phi) is 4.82. The number of likely N-dealkylation sites (tertiary alicyclic amines) is 1. The molecule has 7 heteroatoms. The van der Waals surface area contributed by atoms with Gasteiger partial charge in [0.15, 0.2) is 5.13 Å². The van der Waals surface area contributed by atoms with Crippen LogP contribution in [-0.2, 0) is 11.3 Å². The maximum Gasteiger partial charge on any atom is 0.185 e. The summed E-state index contributed by atoms with van der Waals surface area (Å²) >= 11 is 1.81. The Morgan fingerprint density at radius 2 is 2.12 bits per heavy atom. The third-order valence-corrected chi connectivity index (χ3v) is 5.83. The van der Waals surface area contributed by atoms with Gasteiger partial charge in [0, 0.05) is 36.8 Å². The molecule has 4 heterocycles. The summed E-state index contributed by atoms with van der Waals surface area (Å²) in [5.74, 6) is 0.892. The molecule has 0 spiro atoms. The van der Waals surface area contributed by atoms with Gasteiger partial charge in [-0.3, -0.25) is 4.90 Å². The summed E-state index contributed by atoms with van der Waals surface area (Å²) in [6.45, 7) is 7.50. The first-order chi connectivity index (χ1) is 11.8. The summed E-state index contributed by atoms with van der Waals surface area (Å²) in [5.41, 5.74) is 1.07. The van der Waals surface area contributed by atoms with Gasteiger partial charge in [0.1, 0.15) is 11.5 Å². The molecule has 2 aromatic heterocycles. The Balaban J connectivity index is 1.45. The van der Waals surface area contributed by atoms with Crippen molar-refractivity contribution in [2.75, 3.05) is 37.7 Å². The molecule has 0 N–H and O–H groups in total. The highest BCUT2D eigenvalue weighted by molar-refractivity contribution is 7.15. The monoisotopic (exact) mass is 348 g/mol. The highest BCUT2D eigenvalue weighted by atomic mass is 32.1. The Labute approximate surface area is 146 Å². The average molecular weight is 348 g/mol. The van der Waals surface area contributed by atoms with Gasteiger partial charge >= 0.3 is 0 Å². The molecule has 2 aliphatic heterocycles. The van der Waals surface area contributed by atoms with Gasteiger partial charge in [-0.25, -0.2) is 4.98 Å². The molecule has 2 aromatic rings. The van der Waals surface area contributed by atoms with E-state index in [1.54, 1.807) is 0 Å². The van der Waals surface area contributed by atoms with Gasteiger partial charge in [0.2, 0.25) is 0 Å². The van der Waals surface area contributed by atoms with E-state index < -0.39 is 0 Å². The van der Waals surface area contributed by atoms with Crippen molar-refractivity contribution < 1.29 is 9.26 Å². The Morgan fingerprint density at radius 1 is 1.25 bits per heavy atom. The number of anilines is 1. The molecule has 130 valence electrons. The number of hydrogen-bond donors (Lipinski definition) is 0. The van der Waals surface area contributed by atoms with E-state index in [1.807, 2.05) is 24.5 Å². The fraction of sp³-hybridized carbons (Fsp3) is 0.647. The molecule has 1 atom stereocenters. The second-order valence-electron chi connectivity index (χ2n) is 6.55. The molecule has 0 radical (unpaired) electrons. The van der Waals surface area contributed by atoms with Crippen LogP contribution in [0.15, 0.2) is 16.8 Å². The van der Waals surface area contributed by atoms with E-state index in [0.29, 0.717) is 6.04 Å². The van der Waals surface area contributed by atoms with Crippen molar-refractivity contribution in [1.29, 1.82) is 0 Å². The summed E-state index contributed by atoms with van der Waals surface area (Å²) < 4.78 is 10.7. The van der Waals surface area contributed by atoms with Crippen molar-refractivity contribution in [2.24, 2.45) is 0 Å². The minimum absolute atomic E-state index is 0.366. The van der Waals surface area contributed by atoms with Gasteiger partial charge < -0.3 is 14.2 Å². The van der Waals surface area contributed by atoms with Crippen LogP contribution >= 0.6 is 11.3 Å². The first kappa shape index (κ1) is 16.1. The second-order valence-corrected chi connectivity index (χ2v) is 7.65. The van der Waals surface area contributed by atoms with Crippen LogP contribution < -0.4 is 4.90 Å². The van der Waals surface area contributed by atoms with Crippen molar-refractivity contribution >= 4 is 16.5 Å². The fourth-order valence-corrected chi connectivity index (χ4v) is 4.52. The van der Waals surface area contributed by atoms with E-state index in [4.69, 9.17) is 9.26 Å². The molecule has 0 saturated carbocycles. The number of rotatable bonds is 4. The van der Waals surface area contributed by atoms with E-state index in [9.17, 15) is 0 Å². The number of aromatic nitrogens is 2. The second kappa shape index (κ2) is 7.21. The Morgan fingerprint density at radius 3 is 2.92 bits per heavy atom. The van der Waals surface area contributed by atoms with Crippen molar-refractivity contribution in [3.63, 3.8) is 0 Å². The Hall–Kier alpha value is -1.44. The molecule has 0 bridgehead atoms. The smallest absolute Gasteiger partial charge is 0.185 e. The van der Waals surface area contributed by atoms with Crippen molar-refractivity contribution in [3.05, 3.63) is 28.6 Å². The lowest BCUT2D eigenvalue weighted by Crippen LogP contribution is -2.36. The van der Waals surface area contributed by atoms with E-state index in [0.717, 1.165) is 62.4 Å². The van der Waals surface area contributed by atoms with Crippen molar-refractivity contribution in [2.45, 2.75) is 38.8 Å². The zero-order chi connectivity index (χ0) is 16.4. The number of ether oxygens (including phenoxy) is 1. The topological polar surface area (TPSA) is 54.6 Å². The van der Waals surface area contributed by atoms with Crippen LogP contribution in [0.1, 0.15) is 41.6 Å². The fourth-order valence-electron chi connectivity index (χ4n) is 3.53. The number of thiazole rings is 1. The predicted octanol–water partition coefficient (Wildman–Crippen LogP) is 3.00. The number of morpholine rings is 1. The molecular weight excluding hydrogens is 324 g/mol. The summed E-state index contributed by atoms with van der Waals surface area (Å²) in [5, 5.41) is 5.38. The summed E-state index contributed by atoms with van der Waals surface area (Å²) in [4.78, 5) is 10.8. The molecule has 2 saturated heterocycles. The summed E-state index contributed by atoms with van der Waals surface area (Å²) in [6.07, 6.45) is 5.70. The van der Waals surface area contributed by atoms with Crippen molar-refractivity contribution in [3.8, 4) is 0 Å². The number of aryl methyl sites for hydroxylation is 1. The maximum absolute atomic E-state index is 5.43. The quantitative estimate of drug-likeness (QED) is 0.847. The molecule has 4 rings (SSSR count). The molecule has 6 nitrogen and oxygen atoms in total. The third kappa shape index (κ3) is 3.48. The van der Waals surface area contributed by atoms with E-state index in [-0.39, 0.29) is 0 Å². The zero-order valence-electron chi connectivity index (χ0n) is 14.1. The third-order valence-electron chi connectivity index (χ3n) is 4.78. The number of nitrogens with zero attached hydrogens (tertiary/aromatic N) is 4. The van der Waals surface area contributed by atoms with Gasteiger partial charge in [0.05, 0.1) is 19.3 Å². The van der Waals surface area contributed by atoms with E-state index >= 15 is 0 Å². The summed E-state index contributed by atoms with van der Waals surface area (Å²) in [6, 6.07) is 2.44. The average Bonchev–Trinajstić information content (AvgIpc) is 3.25. The molecule has 24 heavy (non-hydrogen) atoms. The van der Waals surface area contributed by atoms with Gasteiger partial charge in [-0.05, 0) is 26.3 Å². The first-order valence-corrected chi connectivity index (χ1v) is 9.56. The van der Waals surface area contributed by atoms with Gasteiger partial charge in [-0.2, -0.15) is 0 Å². The molecule has 0 amide bonds. The van der Waals surface area contributed by atoms with Crippen LogP contribution in [-0.4, -0.2) is 47.9 Å². The number of hydrogen-bond acceptors (Lipinski definition) is 7. The van der Waals surface area contributed by atoms with Gasteiger partial charge in [-0.1, -0.05) is 11.6 Å². The molecule has 2 aliphatic rings. The van der Waals surface area contributed by atoms with Gasteiger partial charge in [0.25, 0.3) is 0 Å². The SMILES string of the molecule is Cc1cc([C@@H]2CCCCN2Cc2cnc(N3CCOCC3)s2)no1. The minimum Gasteiger partial charge on any atom is -0.378 e. The van der Waals surface area contributed by atoms with Crippen LogP contribution in [0.25, 0.3) is 0 Å². The molecule has 2 fully saturated rings. The normalized spacial score (nSPS) is 22.9. The summed E-state index contributed by atoms with van der Waals surface area (Å²) in [7, 11) is 0. The zero-order valence-corrected chi connectivity index (χ0v) is 14.9. The largest absolute Gasteiger partial charge is 0.378 e. The Bertz CT molecular complexity index is 665. The lowest BCUT2D eigenvalue weighted by molar-refractivity contribution is 0.122. The van der Waals surface area contributed by atoms with Crippen LogP contribution in [0.2, 0.25) is 0 Å². The van der Waals surface area contributed by atoms with Crippen LogP contribution in [0.4, 0.5) is 5.13 Å². The highest BCUT2D eigenvalue weighted by Crippen LogP contribution is 2.33. The first-order valence-electron chi connectivity index (χ1n) is 8.74. The van der Waals surface area contributed by atoms with Gasteiger partial charge in [-0.15, -0.1) is 11.3 Å². The lowest BCUT2D eigenvalue weighted by atomic mass is 9.99. The minimum atomic E-state index is 0.366. The predicted molar refractivity (Wildman–Crippen MR) is 93.4 cm³/mol.